The Hall–Kier alpha value is -0.470. The van der Waals surface area contributed by atoms with Crippen LogP contribution in [0.2, 0.25) is 5.02 Å². The van der Waals surface area contributed by atoms with E-state index in [0.29, 0.717) is 17.4 Å². The van der Waals surface area contributed by atoms with Gasteiger partial charge in [-0.1, -0.05) is 18.2 Å². The van der Waals surface area contributed by atoms with Crippen molar-refractivity contribution in [3.05, 3.63) is 29.1 Å². The number of hydrogen-bond acceptors (Lipinski definition) is 1. The minimum atomic E-state index is 0.455. The molecule has 0 radical (unpaired) electrons. The highest BCUT2D eigenvalue weighted by Gasteiger charge is 2.03. The smallest absolute Gasteiger partial charge is 0.0815 e. The zero-order valence-electron chi connectivity index (χ0n) is 6.85. The first-order valence-electron chi connectivity index (χ1n) is 3.55. The number of nitrogens with zero attached hydrogens (tertiary/aromatic N) is 2. The molecule has 1 heterocycles. The van der Waals surface area contributed by atoms with Crippen LogP contribution in [-0.2, 0) is 6.54 Å². The predicted octanol–water partition coefficient (Wildman–Crippen LogP) is 2.64. The number of hydrogen-bond donors (Lipinski definition) is 0. The van der Waals surface area contributed by atoms with Gasteiger partial charge >= 0.3 is 0 Å². The molecular weight excluding hydrogens is 195 g/mol. The van der Waals surface area contributed by atoms with Crippen LogP contribution < -0.4 is 0 Å². The van der Waals surface area contributed by atoms with Crippen LogP contribution in [0.15, 0.2) is 18.3 Å². The Morgan fingerprint density at radius 3 is 2.83 bits per heavy atom. The summed E-state index contributed by atoms with van der Waals surface area (Å²) >= 11 is 11.4. The van der Waals surface area contributed by atoms with E-state index >= 15 is 0 Å². The van der Waals surface area contributed by atoms with Gasteiger partial charge in [0.05, 0.1) is 23.5 Å². The van der Waals surface area contributed by atoms with Crippen molar-refractivity contribution in [1.29, 1.82) is 0 Å². The van der Waals surface area contributed by atoms with E-state index in [-0.39, 0.29) is 0 Å². The molecule has 0 spiro atoms. The molecule has 0 N–H and O–H groups in total. The minimum Gasteiger partial charge on any atom is -0.264 e. The second-order valence-corrected chi connectivity index (χ2v) is 3.29. The number of alkyl halides is 1. The van der Waals surface area contributed by atoms with Crippen LogP contribution in [0.1, 0.15) is 5.69 Å². The maximum absolute atomic E-state index is 5.81. The monoisotopic (exact) mass is 204 g/mol. The standard InChI is InChI=1S/C8H10Cl2N2/c1-6(3-9)5-12-7(2)8(10)4-11-12/h4H,1,3,5H2,2H3. The van der Waals surface area contributed by atoms with Gasteiger partial charge in [-0.2, -0.15) is 5.10 Å². The lowest BCUT2D eigenvalue weighted by Crippen LogP contribution is -2.04. The first-order chi connectivity index (χ1) is 5.65. The third-order valence-electron chi connectivity index (χ3n) is 1.61. The van der Waals surface area contributed by atoms with E-state index < -0.39 is 0 Å². The molecule has 0 aromatic carbocycles. The summed E-state index contributed by atoms with van der Waals surface area (Å²) in [7, 11) is 0. The molecule has 0 fully saturated rings. The minimum absolute atomic E-state index is 0.455. The molecule has 0 atom stereocenters. The average Bonchev–Trinajstić information content (AvgIpc) is 2.36. The largest absolute Gasteiger partial charge is 0.264 e. The molecule has 66 valence electrons. The van der Waals surface area contributed by atoms with Crippen LogP contribution >= 0.6 is 23.2 Å². The molecule has 0 aliphatic carbocycles. The van der Waals surface area contributed by atoms with E-state index in [9.17, 15) is 0 Å². The summed E-state index contributed by atoms with van der Waals surface area (Å²) in [6.07, 6.45) is 1.62. The molecule has 12 heavy (non-hydrogen) atoms. The highest BCUT2D eigenvalue weighted by Crippen LogP contribution is 2.14. The molecular formula is C8H10Cl2N2. The fourth-order valence-corrected chi connectivity index (χ4v) is 1.06. The average molecular weight is 205 g/mol. The molecule has 0 bridgehead atoms. The summed E-state index contributed by atoms with van der Waals surface area (Å²) in [4.78, 5) is 0. The lowest BCUT2D eigenvalue weighted by molar-refractivity contribution is 0.659. The molecule has 1 aromatic rings. The van der Waals surface area contributed by atoms with Crippen molar-refractivity contribution in [2.75, 3.05) is 5.88 Å². The van der Waals surface area contributed by atoms with Crippen LogP contribution in [-0.4, -0.2) is 15.7 Å². The van der Waals surface area contributed by atoms with Crippen molar-refractivity contribution >= 4 is 23.2 Å². The molecule has 2 nitrogen and oxygen atoms in total. The van der Waals surface area contributed by atoms with Crippen molar-refractivity contribution in [3.8, 4) is 0 Å². The summed E-state index contributed by atoms with van der Waals surface area (Å²) in [5.74, 6) is 0.455. The van der Waals surface area contributed by atoms with Crippen LogP contribution in [0.4, 0.5) is 0 Å². The summed E-state index contributed by atoms with van der Waals surface area (Å²) < 4.78 is 1.78. The first kappa shape index (κ1) is 9.62. The van der Waals surface area contributed by atoms with E-state index in [1.54, 1.807) is 10.9 Å². The molecule has 0 aliphatic heterocycles. The van der Waals surface area contributed by atoms with Gasteiger partial charge in [0.1, 0.15) is 0 Å². The predicted molar refractivity (Wildman–Crippen MR) is 51.8 cm³/mol. The molecule has 1 aromatic heterocycles. The van der Waals surface area contributed by atoms with Crippen molar-refractivity contribution in [2.24, 2.45) is 0 Å². The van der Waals surface area contributed by atoms with Gasteiger partial charge in [0.15, 0.2) is 0 Å². The summed E-state index contributed by atoms with van der Waals surface area (Å²) in [5.41, 5.74) is 1.88. The van der Waals surface area contributed by atoms with Crippen molar-refractivity contribution in [2.45, 2.75) is 13.5 Å². The Kier molecular flexibility index (Phi) is 3.18. The van der Waals surface area contributed by atoms with E-state index in [1.165, 1.54) is 0 Å². The number of halogens is 2. The van der Waals surface area contributed by atoms with Gasteiger partial charge in [-0.15, -0.1) is 11.6 Å². The topological polar surface area (TPSA) is 17.8 Å². The van der Waals surface area contributed by atoms with E-state index in [1.807, 2.05) is 6.92 Å². The van der Waals surface area contributed by atoms with Gasteiger partial charge in [-0.25, -0.2) is 0 Å². The Bertz CT molecular complexity index is 291. The zero-order valence-corrected chi connectivity index (χ0v) is 8.36. The van der Waals surface area contributed by atoms with Crippen LogP contribution in [0.3, 0.4) is 0 Å². The number of rotatable bonds is 3. The van der Waals surface area contributed by atoms with Gasteiger partial charge in [0.2, 0.25) is 0 Å². The normalized spacial score (nSPS) is 10.2. The Balaban J connectivity index is 2.76. The Morgan fingerprint density at radius 1 is 1.75 bits per heavy atom. The van der Waals surface area contributed by atoms with Gasteiger partial charge in [0, 0.05) is 5.88 Å². The second kappa shape index (κ2) is 3.97. The van der Waals surface area contributed by atoms with E-state index in [4.69, 9.17) is 23.2 Å². The lowest BCUT2D eigenvalue weighted by Gasteiger charge is -2.03. The SMILES string of the molecule is C=C(CCl)Cn1ncc(Cl)c1C. The molecule has 1 rings (SSSR count). The molecule has 0 unspecified atom stereocenters. The molecule has 0 saturated heterocycles. The molecule has 0 amide bonds. The maximum atomic E-state index is 5.81. The van der Waals surface area contributed by atoms with Crippen molar-refractivity contribution in [3.63, 3.8) is 0 Å². The quantitative estimate of drug-likeness (QED) is 0.547. The van der Waals surface area contributed by atoms with Crippen LogP contribution in [0.5, 0.6) is 0 Å². The van der Waals surface area contributed by atoms with Crippen LogP contribution in [0, 0.1) is 6.92 Å². The van der Waals surface area contributed by atoms with Gasteiger partial charge in [-0.3, -0.25) is 4.68 Å². The molecule has 0 aliphatic rings. The van der Waals surface area contributed by atoms with Crippen molar-refractivity contribution < 1.29 is 0 Å². The van der Waals surface area contributed by atoms with E-state index in [2.05, 4.69) is 11.7 Å². The first-order valence-corrected chi connectivity index (χ1v) is 4.47. The fourth-order valence-electron chi connectivity index (χ4n) is 0.837. The lowest BCUT2D eigenvalue weighted by atomic mass is 10.3. The summed E-state index contributed by atoms with van der Waals surface area (Å²) in [6, 6.07) is 0. The number of aromatic nitrogens is 2. The maximum Gasteiger partial charge on any atom is 0.0815 e. The van der Waals surface area contributed by atoms with Gasteiger partial charge in [0.25, 0.3) is 0 Å². The zero-order chi connectivity index (χ0) is 9.14. The highest BCUT2D eigenvalue weighted by atomic mass is 35.5. The van der Waals surface area contributed by atoms with Gasteiger partial charge in [-0.05, 0) is 12.5 Å². The Morgan fingerprint density at radius 2 is 2.42 bits per heavy atom. The summed E-state index contributed by atoms with van der Waals surface area (Å²) in [6.45, 7) is 6.34. The van der Waals surface area contributed by atoms with Crippen molar-refractivity contribution in [1.82, 2.24) is 9.78 Å². The summed E-state index contributed by atoms with van der Waals surface area (Å²) in [5, 5.41) is 4.75. The van der Waals surface area contributed by atoms with Crippen LogP contribution in [0.25, 0.3) is 0 Å². The number of allylic oxidation sites excluding steroid dienone is 1. The second-order valence-electron chi connectivity index (χ2n) is 2.62. The third kappa shape index (κ3) is 2.02. The molecule has 4 heteroatoms. The Labute approximate surface area is 81.8 Å². The van der Waals surface area contributed by atoms with E-state index in [0.717, 1.165) is 11.3 Å². The van der Waals surface area contributed by atoms with Gasteiger partial charge < -0.3 is 0 Å². The third-order valence-corrected chi connectivity index (χ3v) is 2.35. The fraction of sp³-hybridized carbons (Fsp3) is 0.375. The molecule has 0 saturated carbocycles. The highest BCUT2D eigenvalue weighted by molar-refractivity contribution is 6.31.